The Bertz CT molecular complexity index is 1250. The first-order chi connectivity index (χ1) is 17.9. The first-order valence-electron chi connectivity index (χ1n) is 11.4. The summed E-state index contributed by atoms with van der Waals surface area (Å²) in [7, 11) is 1.44. The molecule has 0 radical (unpaired) electrons. The van der Waals surface area contributed by atoms with Crippen molar-refractivity contribution in [2.24, 2.45) is 5.10 Å². The molecule has 10 heteroatoms. The Labute approximate surface area is 225 Å². The molecule has 8 nitrogen and oxygen atoms in total. The number of nitrogens with one attached hydrogen (secondary N) is 1. The van der Waals surface area contributed by atoms with Gasteiger partial charge in [0.2, 0.25) is 0 Å². The highest BCUT2D eigenvalue weighted by Crippen LogP contribution is 2.30. The Morgan fingerprint density at radius 1 is 0.946 bits per heavy atom. The highest BCUT2D eigenvalue weighted by atomic mass is 35.5. The number of carbonyl (C=O) groups excluding carboxylic acids is 2. The van der Waals surface area contributed by atoms with Gasteiger partial charge >= 0.3 is 5.97 Å². The van der Waals surface area contributed by atoms with E-state index in [9.17, 15) is 9.59 Å². The summed E-state index contributed by atoms with van der Waals surface area (Å²) in [5, 5.41) is 4.51. The van der Waals surface area contributed by atoms with Gasteiger partial charge < -0.3 is 18.9 Å². The van der Waals surface area contributed by atoms with Gasteiger partial charge in [-0.1, -0.05) is 36.5 Å². The molecule has 3 aromatic rings. The van der Waals surface area contributed by atoms with Gasteiger partial charge in [-0.05, 0) is 72.6 Å². The third-order valence-corrected chi connectivity index (χ3v) is 5.45. The van der Waals surface area contributed by atoms with Crippen LogP contribution >= 0.6 is 23.2 Å². The molecule has 0 fully saturated rings. The monoisotopic (exact) mass is 544 g/mol. The Morgan fingerprint density at radius 2 is 1.68 bits per heavy atom. The molecule has 3 aromatic carbocycles. The molecule has 3 rings (SSSR count). The predicted molar refractivity (Wildman–Crippen MR) is 142 cm³/mol. The van der Waals surface area contributed by atoms with Crippen LogP contribution in [0.1, 0.15) is 35.7 Å². The quantitative estimate of drug-likeness (QED) is 0.0997. The fourth-order valence-corrected chi connectivity index (χ4v) is 3.47. The molecule has 0 aliphatic carbocycles. The number of amides is 1. The summed E-state index contributed by atoms with van der Waals surface area (Å²) in [5.41, 5.74) is 3.16. The van der Waals surface area contributed by atoms with E-state index in [-0.39, 0.29) is 22.9 Å². The average Bonchev–Trinajstić information content (AvgIpc) is 2.89. The zero-order chi connectivity index (χ0) is 26.6. The molecule has 0 saturated heterocycles. The molecular formula is C27H26Cl2N2O6. The van der Waals surface area contributed by atoms with Gasteiger partial charge in [0.15, 0.2) is 18.1 Å². The number of methoxy groups -OCH3 is 1. The van der Waals surface area contributed by atoms with Gasteiger partial charge in [0, 0.05) is 5.02 Å². The summed E-state index contributed by atoms with van der Waals surface area (Å²) >= 11 is 11.9. The molecule has 0 heterocycles. The summed E-state index contributed by atoms with van der Waals surface area (Å²) in [6.45, 7) is 2.55. The molecule has 0 unspecified atom stereocenters. The molecular weight excluding hydrogens is 519 g/mol. The van der Waals surface area contributed by atoms with Crippen molar-refractivity contribution in [3.63, 3.8) is 0 Å². The van der Waals surface area contributed by atoms with E-state index in [0.717, 1.165) is 18.6 Å². The minimum Gasteiger partial charge on any atom is -0.494 e. The highest BCUT2D eigenvalue weighted by Gasteiger charge is 2.16. The number of rotatable bonds is 12. The number of carbonyl (C=O) groups is 2. The normalized spacial score (nSPS) is 10.7. The zero-order valence-electron chi connectivity index (χ0n) is 20.3. The second-order valence-corrected chi connectivity index (χ2v) is 8.52. The molecule has 0 spiro atoms. The van der Waals surface area contributed by atoms with Gasteiger partial charge in [-0.3, -0.25) is 4.79 Å². The zero-order valence-corrected chi connectivity index (χ0v) is 21.8. The first-order valence-corrected chi connectivity index (χ1v) is 12.2. The lowest BCUT2D eigenvalue weighted by molar-refractivity contribution is -0.123. The van der Waals surface area contributed by atoms with E-state index in [2.05, 4.69) is 17.5 Å². The number of benzene rings is 3. The van der Waals surface area contributed by atoms with Gasteiger partial charge in [-0.2, -0.15) is 5.10 Å². The van der Waals surface area contributed by atoms with Gasteiger partial charge in [0.05, 0.1) is 30.5 Å². The number of hydrogen-bond donors (Lipinski definition) is 1. The number of ether oxygens (including phenoxy) is 4. The molecule has 0 saturated carbocycles. The maximum Gasteiger partial charge on any atom is 0.345 e. The van der Waals surface area contributed by atoms with Crippen LogP contribution in [0.25, 0.3) is 0 Å². The van der Waals surface area contributed by atoms with Crippen LogP contribution in [-0.2, 0) is 4.79 Å². The number of halogens is 2. The molecule has 0 aliphatic heterocycles. The summed E-state index contributed by atoms with van der Waals surface area (Å²) in [5.74, 6) is 0.676. The molecule has 1 amide bonds. The fourth-order valence-electron chi connectivity index (χ4n) is 2.99. The Hall–Kier alpha value is -3.75. The first kappa shape index (κ1) is 27.8. The summed E-state index contributed by atoms with van der Waals surface area (Å²) < 4.78 is 21.8. The number of hydrogen-bond acceptors (Lipinski definition) is 7. The maximum atomic E-state index is 12.5. The minimum absolute atomic E-state index is 0.167. The lowest BCUT2D eigenvalue weighted by Crippen LogP contribution is -2.24. The largest absolute Gasteiger partial charge is 0.494 e. The minimum atomic E-state index is -0.660. The van der Waals surface area contributed by atoms with Crippen LogP contribution in [0.5, 0.6) is 23.0 Å². The van der Waals surface area contributed by atoms with Gasteiger partial charge in [-0.15, -0.1) is 0 Å². The van der Waals surface area contributed by atoms with Crippen molar-refractivity contribution in [2.75, 3.05) is 20.3 Å². The third kappa shape index (κ3) is 8.70. The van der Waals surface area contributed by atoms with Crippen molar-refractivity contribution in [1.82, 2.24) is 5.43 Å². The topological polar surface area (TPSA) is 95.5 Å². The highest BCUT2D eigenvalue weighted by molar-refractivity contribution is 6.36. The van der Waals surface area contributed by atoms with E-state index in [1.165, 1.54) is 25.5 Å². The van der Waals surface area contributed by atoms with E-state index < -0.39 is 11.9 Å². The second-order valence-electron chi connectivity index (χ2n) is 7.68. The predicted octanol–water partition coefficient (Wildman–Crippen LogP) is 5.93. The Morgan fingerprint density at radius 3 is 2.35 bits per heavy atom. The van der Waals surface area contributed by atoms with E-state index in [1.54, 1.807) is 48.5 Å². The summed E-state index contributed by atoms with van der Waals surface area (Å²) in [4.78, 5) is 24.5. The van der Waals surface area contributed by atoms with Crippen LogP contribution in [0.15, 0.2) is 65.8 Å². The van der Waals surface area contributed by atoms with Crippen molar-refractivity contribution < 1.29 is 28.5 Å². The number of unbranched alkanes of at least 4 members (excludes halogenated alkanes) is 1. The smallest absolute Gasteiger partial charge is 0.345 e. The average molecular weight is 545 g/mol. The molecule has 0 bridgehead atoms. The van der Waals surface area contributed by atoms with Crippen molar-refractivity contribution in [2.45, 2.75) is 19.8 Å². The van der Waals surface area contributed by atoms with Crippen LogP contribution in [0.3, 0.4) is 0 Å². The molecule has 1 N–H and O–H groups in total. The fraction of sp³-hybridized carbons (Fsp3) is 0.222. The third-order valence-electron chi connectivity index (χ3n) is 4.90. The summed E-state index contributed by atoms with van der Waals surface area (Å²) in [6, 6.07) is 16.3. The molecule has 194 valence electrons. The number of nitrogens with zero attached hydrogens (tertiary/aromatic N) is 1. The van der Waals surface area contributed by atoms with Crippen LogP contribution < -0.4 is 24.4 Å². The van der Waals surface area contributed by atoms with E-state index >= 15 is 0 Å². The van der Waals surface area contributed by atoms with Crippen LogP contribution in [0, 0.1) is 0 Å². The van der Waals surface area contributed by atoms with Crippen molar-refractivity contribution in [1.29, 1.82) is 0 Å². The molecule has 0 atom stereocenters. The van der Waals surface area contributed by atoms with Gasteiger partial charge in [0.25, 0.3) is 5.91 Å². The SMILES string of the molecule is CCCCOc1ccc(OCC(=O)N/N=C/c2ccc(OC(=O)c3ccc(Cl)cc3Cl)c(OC)c2)cc1. The second kappa shape index (κ2) is 14.1. The van der Waals surface area contributed by atoms with Gasteiger partial charge in [0.1, 0.15) is 11.5 Å². The Balaban J connectivity index is 1.50. The maximum absolute atomic E-state index is 12.5. The lowest BCUT2D eigenvalue weighted by atomic mass is 10.2. The Kier molecular flexibility index (Phi) is 10.6. The lowest BCUT2D eigenvalue weighted by Gasteiger charge is -2.10. The number of hydrazone groups is 1. The van der Waals surface area contributed by atoms with E-state index in [4.69, 9.17) is 42.1 Å². The van der Waals surface area contributed by atoms with Crippen LogP contribution in [0.2, 0.25) is 10.0 Å². The van der Waals surface area contributed by atoms with Crippen molar-refractivity contribution in [3.8, 4) is 23.0 Å². The van der Waals surface area contributed by atoms with Crippen molar-refractivity contribution in [3.05, 3.63) is 81.8 Å². The van der Waals surface area contributed by atoms with Crippen LogP contribution in [0.4, 0.5) is 0 Å². The number of esters is 1. The van der Waals surface area contributed by atoms with Gasteiger partial charge in [-0.25, -0.2) is 10.2 Å². The van der Waals surface area contributed by atoms with E-state index in [0.29, 0.717) is 28.7 Å². The molecule has 0 aromatic heterocycles. The van der Waals surface area contributed by atoms with Crippen molar-refractivity contribution >= 4 is 41.3 Å². The van der Waals surface area contributed by atoms with E-state index in [1.807, 2.05) is 0 Å². The molecule has 0 aliphatic rings. The summed E-state index contributed by atoms with van der Waals surface area (Å²) in [6.07, 6.45) is 3.47. The van der Waals surface area contributed by atoms with Crippen LogP contribution in [-0.4, -0.2) is 38.4 Å². The molecule has 37 heavy (non-hydrogen) atoms. The standard InChI is InChI=1S/C27H26Cl2N2O6/c1-3-4-13-35-20-7-9-21(10-8-20)36-17-26(32)31-30-16-18-5-12-24(25(14-18)34-2)37-27(33)22-11-6-19(28)15-23(22)29/h5-12,14-16H,3-4,13,17H2,1-2H3,(H,31,32)/b30-16+.